The summed E-state index contributed by atoms with van der Waals surface area (Å²) in [6, 6.07) is 5.04. The lowest BCUT2D eigenvalue weighted by Gasteiger charge is -2.10. The SMILES string of the molecule is CN(C)CCC(=O)Nc1ccc(Cl)c(N)c1. The van der Waals surface area contributed by atoms with E-state index in [1.165, 1.54) is 0 Å². The minimum absolute atomic E-state index is 0.0320. The lowest BCUT2D eigenvalue weighted by atomic mass is 10.2. The van der Waals surface area contributed by atoms with Crippen LogP contribution >= 0.6 is 11.6 Å². The Labute approximate surface area is 100 Å². The summed E-state index contributed by atoms with van der Waals surface area (Å²) in [4.78, 5) is 13.5. The second-order valence-electron chi connectivity index (χ2n) is 3.84. The number of nitrogens with one attached hydrogen (secondary N) is 1. The van der Waals surface area contributed by atoms with Gasteiger partial charge in [0.05, 0.1) is 10.7 Å². The molecule has 0 saturated heterocycles. The molecule has 0 heterocycles. The Balaban J connectivity index is 2.53. The molecule has 0 aliphatic rings. The average molecular weight is 242 g/mol. The summed E-state index contributed by atoms with van der Waals surface area (Å²) in [5.74, 6) is -0.0320. The molecule has 88 valence electrons. The van der Waals surface area contributed by atoms with Gasteiger partial charge in [0.25, 0.3) is 0 Å². The van der Waals surface area contributed by atoms with E-state index >= 15 is 0 Å². The number of benzene rings is 1. The molecular formula is C11H16ClN3O. The van der Waals surface area contributed by atoms with Gasteiger partial charge in [0.2, 0.25) is 5.91 Å². The predicted octanol–water partition coefficient (Wildman–Crippen LogP) is 1.81. The molecule has 5 heteroatoms. The van der Waals surface area contributed by atoms with Gasteiger partial charge in [-0.1, -0.05) is 11.6 Å². The maximum absolute atomic E-state index is 11.5. The lowest BCUT2D eigenvalue weighted by molar-refractivity contribution is -0.116. The molecule has 16 heavy (non-hydrogen) atoms. The zero-order valence-corrected chi connectivity index (χ0v) is 10.2. The van der Waals surface area contributed by atoms with Gasteiger partial charge in [-0.25, -0.2) is 0 Å². The van der Waals surface area contributed by atoms with E-state index in [1.54, 1.807) is 18.2 Å². The second kappa shape index (κ2) is 5.72. The maximum atomic E-state index is 11.5. The van der Waals surface area contributed by atoms with Crippen LogP contribution in [0.5, 0.6) is 0 Å². The fourth-order valence-corrected chi connectivity index (χ4v) is 1.29. The number of halogens is 1. The van der Waals surface area contributed by atoms with E-state index in [0.717, 1.165) is 6.54 Å². The molecule has 0 aliphatic carbocycles. The maximum Gasteiger partial charge on any atom is 0.225 e. The molecule has 0 saturated carbocycles. The van der Waals surface area contributed by atoms with Crippen molar-refractivity contribution in [1.29, 1.82) is 0 Å². The van der Waals surface area contributed by atoms with Crippen LogP contribution < -0.4 is 11.1 Å². The standard InChI is InChI=1S/C11H16ClN3O/c1-15(2)6-5-11(16)14-8-3-4-9(12)10(13)7-8/h3-4,7H,5-6,13H2,1-2H3,(H,14,16). The van der Waals surface area contributed by atoms with E-state index in [9.17, 15) is 4.79 Å². The summed E-state index contributed by atoms with van der Waals surface area (Å²) in [6.45, 7) is 0.717. The summed E-state index contributed by atoms with van der Waals surface area (Å²) in [5, 5.41) is 3.25. The smallest absolute Gasteiger partial charge is 0.225 e. The number of nitrogens with zero attached hydrogens (tertiary/aromatic N) is 1. The molecule has 0 aromatic heterocycles. The average Bonchev–Trinajstić information content (AvgIpc) is 2.21. The molecule has 0 fully saturated rings. The first-order chi connectivity index (χ1) is 7.49. The van der Waals surface area contributed by atoms with Gasteiger partial charge in [-0.05, 0) is 32.3 Å². The summed E-state index contributed by atoms with van der Waals surface area (Å²) in [7, 11) is 3.85. The number of carbonyl (C=O) groups excluding carboxylic acids is 1. The van der Waals surface area contributed by atoms with E-state index in [2.05, 4.69) is 5.32 Å². The first-order valence-electron chi connectivity index (χ1n) is 4.98. The van der Waals surface area contributed by atoms with Crippen LogP contribution in [0.15, 0.2) is 18.2 Å². The van der Waals surface area contributed by atoms with E-state index in [-0.39, 0.29) is 5.91 Å². The van der Waals surface area contributed by atoms with Crippen molar-refractivity contribution in [3.8, 4) is 0 Å². The third-order valence-electron chi connectivity index (χ3n) is 2.07. The molecule has 1 aromatic rings. The Morgan fingerprint density at radius 3 is 2.75 bits per heavy atom. The lowest BCUT2D eigenvalue weighted by Crippen LogP contribution is -2.20. The van der Waals surface area contributed by atoms with Gasteiger partial charge in [0.1, 0.15) is 0 Å². The van der Waals surface area contributed by atoms with Crippen molar-refractivity contribution in [3.05, 3.63) is 23.2 Å². The zero-order valence-electron chi connectivity index (χ0n) is 9.46. The van der Waals surface area contributed by atoms with Gasteiger partial charge in [-0.3, -0.25) is 4.79 Å². The Morgan fingerprint density at radius 1 is 1.50 bits per heavy atom. The fraction of sp³-hybridized carbons (Fsp3) is 0.364. The monoisotopic (exact) mass is 241 g/mol. The normalized spacial score (nSPS) is 10.5. The number of hydrogen-bond acceptors (Lipinski definition) is 3. The van der Waals surface area contributed by atoms with E-state index in [1.807, 2.05) is 19.0 Å². The third kappa shape index (κ3) is 4.08. The van der Waals surface area contributed by atoms with Crippen molar-refractivity contribution in [2.24, 2.45) is 0 Å². The molecule has 0 unspecified atom stereocenters. The highest BCUT2D eigenvalue weighted by Crippen LogP contribution is 2.22. The van der Waals surface area contributed by atoms with Crippen LogP contribution in [0.1, 0.15) is 6.42 Å². The molecule has 0 aliphatic heterocycles. The quantitative estimate of drug-likeness (QED) is 0.791. The molecule has 0 bridgehead atoms. The van der Waals surface area contributed by atoms with Crippen molar-refractivity contribution in [2.45, 2.75) is 6.42 Å². The van der Waals surface area contributed by atoms with E-state index in [4.69, 9.17) is 17.3 Å². The van der Waals surface area contributed by atoms with Crippen LogP contribution in [0.4, 0.5) is 11.4 Å². The van der Waals surface area contributed by atoms with E-state index in [0.29, 0.717) is 22.8 Å². The summed E-state index contributed by atoms with van der Waals surface area (Å²) in [5.41, 5.74) is 6.76. The van der Waals surface area contributed by atoms with Crippen LogP contribution in [0, 0.1) is 0 Å². The molecule has 1 aromatic carbocycles. The molecular weight excluding hydrogens is 226 g/mol. The zero-order chi connectivity index (χ0) is 12.1. The number of amides is 1. The van der Waals surface area contributed by atoms with Gasteiger partial charge in [-0.2, -0.15) is 0 Å². The van der Waals surface area contributed by atoms with Crippen molar-refractivity contribution < 1.29 is 4.79 Å². The highest BCUT2D eigenvalue weighted by atomic mass is 35.5. The van der Waals surface area contributed by atoms with Crippen LogP contribution in [-0.4, -0.2) is 31.4 Å². The highest BCUT2D eigenvalue weighted by molar-refractivity contribution is 6.33. The molecule has 4 nitrogen and oxygen atoms in total. The topological polar surface area (TPSA) is 58.4 Å². The van der Waals surface area contributed by atoms with Crippen LogP contribution in [0.25, 0.3) is 0 Å². The Hall–Kier alpha value is -1.26. The number of rotatable bonds is 4. The van der Waals surface area contributed by atoms with Crippen molar-refractivity contribution in [3.63, 3.8) is 0 Å². The second-order valence-corrected chi connectivity index (χ2v) is 4.24. The highest BCUT2D eigenvalue weighted by Gasteiger charge is 2.04. The van der Waals surface area contributed by atoms with Crippen molar-refractivity contribution in [2.75, 3.05) is 31.7 Å². The summed E-state index contributed by atoms with van der Waals surface area (Å²) in [6.07, 6.45) is 0.454. The van der Waals surface area contributed by atoms with Gasteiger partial charge in [0, 0.05) is 18.7 Å². The minimum atomic E-state index is -0.0320. The Kier molecular flexibility index (Phi) is 4.58. The van der Waals surface area contributed by atoms with Gasteiger partial charge < -0.3 is 16.0 Å². The Morgan fingerprint density at radius 2 is 2.19 bits per heavy atom. The van der Waals surface area contributed by atoms with Crippen LogP contribution in [0.2, 0.25) is 5.02 Å². The van der Waals surface area contributed by atoms with Gasteiger partial charge in [0.15, 0.2) is 0 Å². The largest absolute Gasteiger partial charge is 0.397 e. The Bertz CT molecular complexity index is 379. The number of carbonyl (C=O) groups is 1. The minimum Gasteiger partial charge on any atom is -0.397 e. The number of nitrogens with two attached hydrogens (primary N) is 1. The molecule has 0 spiro atoms. The van der Waals surface area contributed by atoms with Crippen molar-refractivity contribution >= 4 is 28.9 Å². The van der Waals surface area contributed by atoms with Crippen molar-refractivity contribution in [1.82, 2.24) is 4.90 Å². The van der Waals surface area contributed by atoms with Crippen LogP contribution in [-0.2, 0) is 4.79 Å². The molecule has 1 rings (SSSR count). The van der Waals surface area contributed by atoms with Crippen LogP contribution in [0.3, 0.4) is 0 Å². The summed E-state index contributed by atoms with van der Waals surface area (Å²) >= 11 is 5.78. The van der Waals surface area contributed by atoms with Gasteiger partial charge in [-0.15, -0.1) is 0 Å². The first-order valence-corrected chi connectivity index (χ1v) is 5.36. The molecule has 1 amide bonds. The molecule has 0 atom stereocenters. The fourth-order valence-electron chi connectivity index (χ4n) is 1.17. The molecule has 3 N–H and O–H groups in total. The predicted molar refractivity (Wildman–Crippen MR) is 67.7 cm³/mol. The number of nitrogen functional groups attached to an aromatic ring is 1. The summed E-state index contributed by atoms with van der Waals surface area (Å²) < 4.78 is 0. The number of hydrogen-bond donors (Lipinski definition) is 2. The van der Waals surface area contributed by atoms with Gasteiger partial charge >= 0.3 is 0 Å². The van der Waals surface area contributed by atoms with E-state index < -0.39 is 0 Å². The molecule has 0 radical (unpaired) electrons. The first kappa shape index (κ1) is 12.8. The third-order valence-corrected chi connectivity index (χ3v) is 2.41. The number of anilines is 2.